The van der Waals surface area contributed by atoms with Gasteiger partial charge in [-0.25, -0.2) is 8.42 Å². The lowest BCUT2D eigenvalue weighted by Crippen LogP contribution is -2.53. The number of carbonyl (C=O) groups excluding carboxylic acids is 2. The van der Waals surface area contributed by atoms with Crippen molar-refractivity contribution in [3.8, 4) is 5.75 Å². The van der Waals surface area contributed by atoms with Gasteiger partial charge in [-0.05, 0) is 76.4 Å². The monoisotopic (exact) mass is 731 g/mol. The zero-order valence-corrected chi connectivity index (χ0v) is 28.8. The standard InChI is InChI=1S/C33H32BrCl2N3O5S/c1-22-9-12-25(13-10-22)39(45(42,43)26-14-16-31(44-3)27(34)19-26)21-32(40)38(20-24-11-15-28(35)29(36)17-24)30(33(41)37-2)18-23-7-5-4-6-8-23/h4-17,19,30H,18,20-21H2,1-3H3,(H,37,41)/t30-/m0/s1. The molecule has 1 N–H and O–H groups in total. The number of hydrogen-bond donors (Lipinski definition) is 1. The van der Waals surface area contributed by atoms with E-state index in [1.54, 1.807) is 42.5 Å². The quantitative estimate of drug-likeness (QED) is 0.176. The van der Waals surface area contributed by atoms with Crippen molar-refractivity contribution < 1.29 is 22.7 Å². The van der Waals surface area contributed by atoms with E-state index in [9.17, 15) is 18.0 Å². The average Bonchev–Trinajstić information content (AvgIpc) is 3.03. The van der Waals surface area contributed by atoms with Crippen LogP contribution in [0.3, 0.4) is 0 Å². The maximum atomic E-state index is 14.4. The van der Waals surface area contributed by atoms with Gasteiger partial charge >= 0.3 is 0 Å². The predicted octanol–water partition coefficient (Wildman–Crippen LogP) is 6.65. The summed E-state index contributed by atoms with van der Waals surface area (Å²) in [5.41, 5.74) is 2.64. The van der Waals surface area contributed by atoms with Gasteiger partial charge < -0.3 is 15.0 Å². The zero-order chi connectivity index (χ0) is 32.7. The maximum Gasteiger partial charge on any atom is 0.264 e. The lowest BCUT2D eigenvalue weighted by molar-refractivity contribution is -0.139. The molecule has 0 saturated carbocycles. The summed E-state index contributed by atoms with van der Waals surface area (Å²) in [7, 11) is -1.31. The number of nitrogens with one attached hydrogen (secondary N) is 1. The predicted molar refractivity (Wildman–Crippen MR) is 181 cm³/mol. The molecule has 8 nitrogen and oxygen atoms in total. The molecule has 0 fully saturated rings. The second-order valence-corrected chi connectivity index (χ2v) is 13.8. The molecule has 0 aromatic heterocycles. The van der Waals surface area contributed by atoms with Crippen LogP contribution >= 0.6 is 39.1 Å². The first kappa shape index (κ1) is 34.3. The average molecular weight is 734 g/mol. The van der Waals surface area contributed by atoms with Crippen molar-refractivity contribution in [3.05, 3.63) is 122 Å². The highest BCUT2D eigenvalue weighted by Gasteiger charge is 2.34. The van der Waals surface area contributed by atoms with Crippen molar-refractivity contribution in [2.24, 2.45) is 0 Å². The van der Waals surface area contributed by atoms with Crippen LogP contribution in [-0.4, -0.2) is 51.9 Å². The fourth-order valence-corrected chi connectivity index (χ4v) is 7.18. The molecule has 0 unspecified atom stereocenters. The van der Waals surface area contributed by atoms with Gasteiger partial charge in [0.25, 0.3) is 10.0 Å². The molecule has 4 aromatic rings. The van der Waals surface area contributed by atoms with E-state index >= 15 is 0 Å². The fourth-order valence-electron chi connectivity index (χ4n) is 4.73. The summed E-state index contributed by atoms with van der Waals surface area (Å²) < 4.78 is 35.2. The van der Waals surface area contributed by atoms with Crippen molar-refractivity contribution in [1.29, 1.82) is 0 Å². The molecular formula is C33H32BrCl2N3O5S. The molecule has 0 aliphatic heterocycles. The van der Waals surface area contributed by atoms with Crippen LogP contribution in [0.25, 0.3) is 0 Å². The lowest BCUT2D eigenvalue weighted by Gasteiger charge is -2.33. The molecule has 0 aliphatic rings. The molecule has 0 saturated heterocycles. The molecule has 0 heterocycles. The molecule has 45 heavy (non-hydrogen) atoms. The summed E-state index contributed by atoms with van der Waals surface area (Å²) in [4.78, 5) is 29.1. The van der Waals surface area contributed by atoms with Crippen molar-refractivity contribution >= 4 is 66.7 Å². The Labute approximate surface area is 282 Å². The number of anilines is 1. The summed E-state index contributed by atoms with van der Waals surface area (Å²) in [6.45, 7) is 1.26. The van der Waals surface area contributed by atoms with Gasteiger partial charge in [0.15, 0.2) is 0 Å². The van der Waals surface area contributed by atoms with Gasteiger partial charge in [0, 0.05) is 20.0 Å². The maximum absolute atomic E-state index is 14.4. The third-order valence-electron chi connectivity index (χ3n) is 7.17. The van der Waals surface area contributed by atoms with Gasteiger partial charge in [0.05, 0.1) is 32.2 Å². The molecule has 4 aromatic carbocycles. The van der Waals surface area contributed by atoms with Crippen LogP contribution in [0.1, 0.15) is 16.7 Å². The van der Waals surface area contributed by atoms with E-state index in [-0.39, 0.29) is 28.6 Å². The minimum Gasteiger partial charge on any atom is -0.496 e. The SMILES string of the molecule is CNC(=O)[C@H](Cc1ccccc1)N(Cc1ccc(Cl)c(Cl)c1)C(=O)CN(c1ccc(C)cc1)S(=O)(=O)c1ccc(OC)c(Br)c1. The van der Waals surface area contributed by atoms with E-state index in [4.69, 9.17) is 27.9 Å². The summed E-state index contributed by atoms with van der Waals surface area (Å²) in [5, 5.41) is 3.29. The van der Waals surface area contributed by atoms with E-state index < -0.39 is 34.4 Å². The van der Waals surface area contributed by atoms with Crippen LogP contribution in [0.15, 0.2) is 100 Å². The lowest BCUT2D eigenvalue weighted by atomic mass is 10.0. The van der Waals surface area contributed by atoms with Gasteiger partial charge in [0.2, 0.25) is 11.8 Å². The largest absolute Gasteiger partial charge is 0.496 e. The molecule has 4 rings (SSSR count). The van der Waals surface area contributed by atoms with Gasteiger partial charge in [-0.2, -0.15) is 0 Å². The van der Waals surface area contributed by atoms with Crippen LogP contribution in [0.4, 0.5) is 5.69 Å². The fraction of sp³-hybridized carbons (Fsp3) is 0.212. The number of nitrogens with zero attached hydrogens (tertiary/aromatic N) is 2. The van der Waals surface area contributed by atoms with Crippen molar-refractivity contribution in [1.82, 2.24) is 10.2 Å². The van der Waals surface area contributed by atoms with Crippen molar-refractivity contribution in [3.63, 3.8) is 0 Å². The number of hydrogen-bond acceptors (Lipinski definition) is 5. The van der Waals surface area contributed by atoms with Crippen molar-refractivity contribution in [2.45, 2.75) is 30.8 Å². The van der Waals surface area contributed by atoms with E-state index in [1.165, 1.54) is 37.3 Å². The summed E-state index contributed by atoms with van der Waals surface area (Å²) in [6, 6.07) is 24.4. The van der Waals surface area contributed by atoms with Gasteiger partial charge in [-0.1, -0.05) is 77.3 Å². The Balaban J connectivity index is 1.81. The van der Waals surface area contributed by atoms with E-state index in [1.807, 2.05) is 37.3 Å². The molecular weight excluding hydrogens is 701 g/mol. The van der Waals surface area contributed by atoms with E-state index in [2.05, 4.69) is 21.2 Å². The highest BCUT2D eigenvalue weighted by molar-refractivity contribution is 9.10. The number of rotatable bonds is 12. The summed E-state index contributed by atoms with van der Waals surface area (Å²) in [5.74, 6) is -0.549. The van der Waals surface area contributed by atoms with Gasteiger partial charge in [-0.3, -0.25) is 13.9 Å². The Morgan fingerprint density at radius 3 is 2.20 bits per heavy atom. The van der Waals surface area contributed by atoms with E-state index in [0.717, 1.165) is 15.4 Å². The number of sulfonamides is 1. The highest BCUT2D eigenvalue weighted by atomic mass is 79.9. The first-order valence-electron chi connectivity index (χ1n) is 13.9. The molecule has 2 amide bonds. The minimum atomic E-state index is -4.28. The van der Waals surface area contributed by atoms with Gasteiger partial charge in [0.1, 0.15) is 18.3 Å². The smallest absolute Gasteiger partial charge is 0.264 e. The Morgan fingerprint density at radius 1 is 0.911 bits per heavy atom. The number of carbonyl (C=O) groups is 2. The summed E-state index contributed by atoms with van der Waals surface area (Å²) in [6.07, 6.45) is 0.191. The van der Waals surface area contributed by atoms with Crippen LogP contribution in [-0.2, 0) is 32.6 Å². The number of halogens is 3. The molecule has 0 bridgehead atoms. The molecule has 0 spiro atoms. The zero-order valence-electron chi connectivity index (χ0n) is 24.8. The number of likely N-dealkylation sites (N-methyl/N-ethyl adjacent to an activating group) is 1. The second kappa shape index (κ2) is 15.1. The number of amides is 2. The topological polar surface area (TPSA) is 96.0 Å². The normalized spacial score (nSPS) is 11.9. The first-order chi connectivity index (χ1) is 21.4. The molecule has 0 radical (unpaired) electrons. The molecule has 0 aliphatic carbocycles. The Kier molecular flexibility index (Phi) is 11.5. The molecule has 236 valence electrons. The van der Waals surface area contributed by atoms with E-state index in [0.29, 0.717) is 20.8 Å². The molecule has 12 heteroatoms. The third kappa shape index (κ3) is 8.38. The summed E-state index contributed by atoms with van der Waals surface area (Å²) >= 11 is 15.8. The number of aryl methyl sites for hydroxylation is 1. The number of methoxy groups -OCH3 is 1. The van der Waals surface area contributed by atoms with Crippen molar-refractivity contribution in [2.75, 3.05) is 25.0 Å². The Bertz CT molecular complexity index is 1770. The van der Waals surface area contributed by atoms with Gasteiger partial charge in [-0.15, -0.1) is 0 Å². The van der Waals surface area contributed by atoms with Crippen LogP contribution in [0, 0.1) is 6.92 Å². The minimum absolute atomic E-state index is 0.0312. The van der Waals surface area contributed by atoms with Crippen LogP contribution in [0.2, 0.25) is 10.0 Å². The number of benzene rings is 4. The van der Waals surface area contributed by atoms with Crippen LogP contribution in [0.5, 0.6) is 5.75 Å². The van der Waals surface area contributed by atoms with Crippen LogP contribution < -0.4 is 14.4 Å². The first-order valence-corrected chi connectivity index (χ1v) is 16.9. The second-order valence-electron chi connectivity index (χ2n) is 10.2. The third-order valence-corrected chi connectivity index (χ3v) is 10.3. The Morgan fingerprint density at radius 2 is 1.60 bits per heavy atom. The Hall–Kier alpha value is -3.57. The molecule has 1 atom stereocenters. The highest BCUT2D eigenvalue weighted by Crippen LogP contribution is 2.31. The number of ether oxygens (including phenoxy) is 1.